The van der Waals surface area contributed by atoms with Gasteiger partial charge in [0.2, 0.25) is 0 Å². The van der Waals surface area contributed by atoms with Crippen LogP contribution in [0.15, 0.2) is 24.4 Å². The molecule has 0 fully saturated rings. The van der Waals surface area contributed by atoms with Crippen molar-refractivity contribution in [2.24, 2.45) is 5.84 Å². The molecule has 0 amide bonds. The third-order valence-corrected chi connectivity index (χ3v) is 1.22. The predicted octanol–water partition coefficient (Wildman–Crippen LogP) is 1.41. The summed E-state index contributed by atoms with van der Waals surface area (Å²) >= 11 is 0. The van der Waals surface area contributed by atoms with E-state index in [4.69, 9.17) is 10.6 Å². The number of hydrazine groups is 1. The van der Waals surface area contributed by atoms with Crippen molar-refractivity contribution in [1.82, 2.24) is 4.98 Å². The van der Waals surface area contributed by atoms with Crippen LogP contribution in [-0.2, 0) is 4.74 Å². The molecule has 0 radical (unpaired) electrons. The van der Waals surface area contributed by atoms with Crippen molar-refractivity contribution in [3.05, 3.63) is 24.4 Å². The first-order valence-electron chi connectivity index (χ1n) is 4.30. The fourth-order valence-electron chi connectivity index (χ4n) is 0.652. The van der Waals surface area contributed by atoms with Crippen LogP contribution in [0.1, 0.15) is 13.8 Å². The first-order valence-corrected chi connectivity index (χ1v) is 4.30. The standard InChI is InChI=1S/C5H7N3.C4H10O/c6-8-5-3-1-2-4-7-5;1-3-5-4-2/h1-4H,6H2,(H,7,8);3-4H2,1-2H3. The van der Waals surface area contributed by atoms with Gasteiger partial charge >= 0.3 is 0 Å². The zero-order chi connectivity index (χ0) is 9.94. The van der Waals surface area contributed by atoms with E-state index in [1.807, 2.05) is 26.0 Å². The Hall–Kier alpha value is -1.13. The van der Waals surface area contributed by atoms with Gasteiger partial charge in [0.25, 0.3) is 0 Å². The summed E-state index contributed by atoms with van der Waals surface area (Å²) in [5, 5.41) is 0. The minimum atomic E-state index is 0.688. The second-order valence-corrected chi connectivity index (χ2v) is 2.14. The second kappa shape index (κ2) is 8.96. The van der Waals surface area contributed by atoms with Crippen LogP contribution < -0.4 is 11.3 Å². The maximum Gasteiger partial charge on any atom is 0.139 e. The summed E-state index contributed by atoms with van der Waals surface area (Å²) in [5.74, 6) is 5.72. The predicted molar refractivity (Wildman–Crippen MR) is 54.2 cm³/mol. The van der Waals surface area contributed by atoms with Crippen LogP contribution in [0, 0.1) is 0 Å². The van der Waals surface area contributed by atoms with Crippen molar-refractivity contribution < 1.29 is 4.74 Å². The van der Waals surface area contributed by atoms with Crippen LogP contribution in [0.25, 0.3) is 0 Å². The minimum Gasteiger partial charge on any atom is -0.382 e. The highest BCUT2D eigenvalue weighted by Gasteiger charge is 1.80. The van der Waals surface area contributed by atoms with E-state index >= 15 is 0 Å². The molecule has 13 heavy (non-hydrogen) atoms. The Bertz CT molecular complexity index is 189. The molecule has 74 valence electrons. The lowest BCUT2D eigenvalue weighted by Gasteiger charge is -1.92. The molecule has 1 aromatic heterocycles. The molecule has 0 aliphatic carbocycles. The maximum absolute atomic E-state index is 5.04. The number of pyridine rings is 1. The van der Waals surface area contributed by atoms with Gasteiger partial charge in [0, 0.05) is 19.4 Å². The van der Waals surface area contributed by atoms with E-state index in [9.17, 15) is 0 Å². The molecule has 4 nitrogen and oxygen atoms in total. The Morgan fingerprint density at radius 3 is 2.31 bits per heavy atom. The number of rotatable bonds is 3. The molecule has 0 atom stereocenters. The van der Waals surface area contributed by atoms with E-state index in [0.717, 1.165) is 13.2 Å². The van der Waals surface area contributed by atoms with Gasteiger partial charge < -0.3 is 10.2 Å². The van der Waals surface area contributed by atoms with Gasteiger partial charge in [0.1, 0.15) is 5.82 Å². The number of nitrogens with zero attached hydrogens (tertiary/aromatic N) is 1. The molecule has 0 saturated heterocycles. The SMILES string of the molecule is CCOCC.NNc1ccccn1. The van der Waals surface area contributed by atoms with Crippen LogP contribution in [-0.4, -0.2) is 18.2 Å². The van der Waals surface area contributed by atoms with Crippen LogP contribution in [0.2, 0.25) is 0 Å². The minimum absolute atomic E-state index is 0.688. The highest BCUT2D eigenvalue weighted by molar-refractivity contribution is 5.30. The van der Waals surface area contributed by atoms with E-state index in [-0.39, 0.29) is 0 Å². The molecule has 1 rings (SSSR count). The molecule has 4 heteroatoms. The molecule has 1 heterocycles. The van der Waals surface area contributed by atoms with Crippen molar-refractivity contribution in [2.45, 2.75) is 13.8 Å². The zero-order valence-electron chi connectivity index (χ0n) is 8.16. The van der Waals surface area contributed by atoms with Crippen LogP contribution in [0.5, 0.6) is 0 Å². The van der Waals surface area contributed by atoms with Crippen LogP contribution in [0.4, 0.5) is 5.82 Å². The lowest BCUT2D eigenvalue weighted by Crippen LogP contribution is -2.07. The van der Waals surface area contributed by atoms with Crippen molar-refractivity contribution in [3.63, 3.8) is 0 Å². The fraction of sp³-hybridized carbons (Fsp3) is 0.444. The molecular formula is C9H17N3O. The molecular weight excluding hydrogens is 166 g/mol. The summed E-state index contributed by atoms with van der Waals surface area (Å²) in [6, 6.07) is 5.49. The number of anilines is 1. The van der Waals surface area contributed by atoms with Gasteiger partial charge in [-0.2, -0.15) is 0 Å². The van der Waals surface area contributed by atoms with Gasteiger partial charge in [-0.15, -0.1) is 0 Å². The summed E-state index contributed by atoms with van der Waals surface area (Å²) in [6.07, 6.45) is 1.68. The summed E-state index contributed by atoms with van der Waals surface area (Å²) in [7, 11) is 0. The monoisotopic (exact) mass is 183 g/mol. The quantitative estimate of drug-likeness (QED) is 0.549. The Labute approximate surface area is 79.1 Å². The molecule has 3 N–H and O–H groups in total. The van der Waals surface area contributed by atoms with Gasteiger partial charge in [0.05, 0.1) is 0 Å². The largest absolute Gasteiger partial charge is 0.382 e. The lowest BCUT2D eigenvalue weighted by atomic mass is 10.5. The molecule has 0 spiro atoms. The number of hydrogen-bond donors (Lipinski definition) is 2. The second-order valence-electron chi connectivity index (χ2n) is 2.14. The van der Waals surface area contributed by atoms with Crippen LogP contribution in [0.3, 0.4) is 0 Å². The number of nitrogen functional groups attached to an aromatic ring is 1. The average molecular weight is 183 g/mol. The molecule has 0 aliphatic rings. The molecule has 0 bridgehead atoms. The third kappa shape index (κ3) is 7.24. The molecule has 1 aromatic rings. The summed E-state index contributed by atoms with van der Waals surface area (Å²) in [6.45, 7) is 5.67. The van der Waals surface area contributed by atoms with Crippen molar-refractivity contribution in [3.8, 4) is 0 Å². The number of nitrogens with two attached hydrogens (primary N) is 1. The molecule has 0 aromatic carbocycles. The molecule has 0 unspecified atom stereocenters. The topological polar surface area (TPSA) is 60.2 Å². The van der Waals surface area contributed by atoms with Gasteiger partial charge in [-0.25, -0.2) is 10.8 Å². The number of nitrogens with one attached hydrogen (secondary N) is 1. The van der Waals surface area contributed by atoms with Gasteiger partial charge in [-0.05, 0) is 26.0 Å². The highest BCUT2D eigenvalue weighted by atomic mass is 16.5. The Kier molecular flexibility index (Phi) is 8.18. The average Bonchev–Trinajstić information content (AvgIpc) is 2.21. The maximum atomic E-state index is 5.04. The van der Waals surface area contributed by atoms with Gasteiger partial charge in [0.15, 0.2) is 0 Å². The van der Waals surface area contributed by atoms with E-state index in [1.54, 1.807) is 12.3 Å². The van der Waals surface area contributed by atoms with Crippen molar-refractivity contribution >= 4 is 5.82 Å². The third-order valence-electron chi connectivity index (χ3n) is 1.22. The van der Waals surface area contributed by atoms with Crippen LogP contribution >= 0.6 is 0 Å². The van der Waals surface area contributed by atoms with Crippen molar-refractivity contribution in [2.75, 3.05) is 18.6 Å². The first-order chi connectivity index (χ1) is 6.35. The Morgan fingerprint density at radius 2 is 2.08 bits per heavy atom. The number of ether oxygens (including phenoxy) is 1. The van der Waals surface area contributed by atoms with E-state index in [0.29, 0.717) is 5.82 Å². The fourth-order valence-corrected chi connectivity index (χ4v) is 0.652. The first kappa shape index (κ1) is 11.9. The highest BCUT2D eigenvalue weighted by Crippen LogP contribution is 1.94. The van der Waals surface area contributed by atoms with E-state index < -0.39 is 0 Å². The Balaban J connectivity index is 0.000000252. The Morgan fingerprint density at radius 1 is 1.38 bits per heavy atom. The number of aromatic nitrogens is 1. The van der Waals surface area contributed by atoms with Gasteiger partial charge in [-0.3, -0.25) is 0 Å². The number of hydrogen-bond acceptors (Lipinski definition) is 4. The zero-order valence-corrected chi connectivity index (χ0v) is 8.16. The molecule has 0 aliphatic heterocycles. The summed E-state index contributed by atoms with van der Waals surface area (Å²) in [4.78, 5) is 3.86. The van der Waals surface area contributed by atoms with Gasteiger partial charge in [-0.1, -0.05) is 6.07 Å². The lowest BCUT2D eigenvalue weighted by molar-refractivity contribution is 0.162. The smallest absolute Gasteiger partial charge is 0.139 e. The normalized spacial score (nSPS) is 8.54. The molecule has 0 saturated carbocycles. The summed E-state index contributed by atoms with van der Waals surface area (Å²) < 4.78 is 4.83. The summed E-state index contributed by atoms with van der Waals surface area (Å²) in [5.41, 5.74) is 2.42. The van der Waals surface area contributed by atoms with E-state index in [2.05, 4.69) is 10.4 Å². The van der Waals surface area contributed by atoms with Crippen molar-refractivity contribution in [1.29, 1.82) is 0 Å². The van der Waals surface area contributed by atoms with E-state index in [1.165, 1.54) is 0 Å².